The van der Waals surface area contributed by atoms with Gasteiger partial charge in [0.1, 0.15) is 4.21 Å². The third-order valence-electron chi connectivity index (χ3n) is 3.17. The zero-order valence-electron chi connectivity index (χ0n) is 10.4. The number of hydrogen-bond acceptors (Lipinski definition) is 4. The lowest BCUT2D eigenvalue weighted by atomic mass is 10.0. The van der Waals surface area contributed by atoms with Crippen molar-refractivity contribution in [2.75, 3.05) is 6.54 Å². The number of nitrogens with one attached hydrogen (secondary N) is 2. The quantitative estimate of drug-likeness (QED) is 0.899. The van der Waals surface area contributed by atoms with Crippen LogP contribution in [0, 0.1) is 6.92 Å². The van der Waals surface area contributed by atoms with Gasteiger partial charge in [-0.25, -0.2) is 13.1 Å². The summed E-state index contributed by atoms with van der Waals surface area (Å²) in [4.78, 5) is 0. The second kappa shape index (κ2) is 5.46. The molecule has 18 heavy (non-hydrogen) atoms. The predicted octanol–water partition coefficient (Wildman–Crippen LogP) is 2.13. The second-order valence-corrected chi connectivity index (χ2v) is 8.23. The number of hydrogen-bond donors (Lipinski definition) is 2. The molecule has 1 aliphatic rings. The van der Waals surface area contributed by atoms with Crippen molar-refractivity contribution in [1.82, 2.24) is 10.0 Å². The van der Waals surface area contributed by atoms with Gasteiger partial charge in [0.05, 0.1) is 4.34 Å². The largest absolute Gasteiger partial charge is 0.313 e. The van der Waals surface area contributed by atoms with E-state index in [9.17, 15) is 8.42 Å². The summed E-state index contributed by atoms with van der Waals surface area (Å²) in [7, 11) is -3.45. The van der Waals surface area contributed by atoms with Gasteiger partial charge in [-0.2, -0.15) is 0 Å². The maximum atomic E-state index is 12.2. The van der Waals surface area contributed by atoms with E-state index in [0.717, 1.165) is 36.3 Å². The number of aryl methyl sites for hydroxylation is 1. The first-order valence-electron chi connectivity index (χ1n) is 5.92. The van der Waals surface area contributed by atoms with Gasteiger partial charge >= 0.3 is 0 Å². The highest BCUT2D eigenvalue weighted by atomic mass is 35.5. The minimum atomic E-state index is -3.45. The molecule has 2 unspecified atom stereocenters. The van der Waals surface area contributed by atoms with E-state index in [-0.39, 0.29) is 12.1 Å². The molecule has 0 bridgehead atoms. The van der Waals surface area contributed by atoms with Crippen molar-refractivity contribution < 1.29 is 8.42 Å². The van der Waals surface area contributed by atoms with Crippen LogP contribution in [0.3, 0.4) is 0 Å². The van der Waals surface area contributed by atoms with Gasteiger partial charge in [-0.1, -0.05) is 11.6 Å². The van der Waals surface area contributed by atoms with Crippen LogP contribution in [0.25, 0.3) is 0 Å². The summed E-state index contributed by atoms with van der Waals surface area (Å²) in [6.45, 7) is 4.75. The highest BCUT2D eigenvalue weighted by molar-refractivity contribution is 7.91. The van der Waals surface area contributed by atoms with Crippen molar-refractivity contribution in [1.29, 1.82) is 0 Å². The van der Waals surface area contributed by atoms with Crippen LogP contribution in [0.1, 0.15) is 25.3 Å². The fourth-order valence-corrected chi connectivity index (χ4v) is 5.10. The topological polar surface area (TPSA) is 58.2 Å². The molecule has 2 atom stereocenters. The van der Waals surface area contributed by atoms with E-state index in [1.807, 2.05) is 13.8 Å². The minimum absolute atomic E-state index is 0.0510. The van der Waals surface area contributed by atoms with Gasteiger partial charge in [-0.15, -0.1) is 11.3 Å². The van der Waals surface area contributed by atoms with E-state index in [2.05, 4.69) is 10.0 Å². The normalized spacial score (nSPS) is 25.3. The molecule has 0 saturated carbocycles. The van der Waals surface area contributed by atoms with Gasteiger partial charge in [0.2, 0.25) is 10.0 Å². The third kappa shape index (κ3) is 3.05. The van der Waals surface area contributed by atoms with Gasteiger partial charge in [-0.3, -0.25) is 0 Å². The lowest BCUT2D eigenvalue weighted by molar-refractivity contribution is 0.349. The van der Waals surface area contributed by atoms with Crippen LogP contribution in [-0.4, -0.2) is 27.0 Å². The molecule has 0 amide bonds. The van der Waals surface area contributed by atoms with Crippen LogP contribution >= 0.6 is 22.9 Å². The van der Waals surface area contributed by atoms with E-state index < -0.39 is 10.0 Å². The molecule has 2 rings (SSSR count). The van der Waals surface area contributed by atoms with Crippen LogP contribution in [-0.2, 0) is 10.0 Å². The molecule has 0 aromatic carbocycles. The summed E-state index contributed by atoms with van der Waals surface area (Å²) in [5.74, 6) is 0. The van der Waals surface area contributed by atoms with Crippen molar-refractivity contribution in [2.45, 2.75) is 43.0 Å². The Morgan fingerprint density at radius 1 is 1.56 bits per heavy atom. The molecule has 7 heteroatoms. The van der Waals surface area contributed by atoms with Gasteiger partial charge in [0.15, 0.2) is 0 Å². The van der Waals surface area contributed by atoms with Crippen LogP contribution in [0.5, 0.6) is 0 Å². The summed E-state index contributed by atoms with van der Waals surface area (Å²) in [5, 5.41) is 3.27. The number of thiophene rings is 1. The molecule has 0 radical (unpaired) electrons. The Bertz CT molecular complexity index is 508. The molecular weight excluding hydrogens is 292 g/mol. The van der Waals surface area contributed by atoms with Gasteiger partial charge in [0, 0.05) is 12.1 Å². The fourth-order valence-electron chi connectivity index (χ4n) is 2.03. The molecule has 1 fully saturated rings. The molecule has 0 spiro atoms. The molecule has 4 nitrogen and oxygen atoms in total. The van der Waals surface area contributed by atoms with Crippen LogP contribution in [0.2, 0.25) is 4.34 Å². The molecule has 102 valence electrons. The zero-order chi connectivity index (χ0) is 13.3. The Labute approximate surface area is 117 Å². The Kier molecular flexibility index (Phi) is 4.33. The van der Waals surface area contributed by atoms with Gasteiger partial charge in [-0.05, 0) is 44.9 Å². The van der Waals surface area contributed by atoms with E-state index in [4.69, 9.17) is 11.6 Å². The van der Waals surface area contributed by atoms with Crippen LogP contribution in [0.4, 0.5) is 0 Å². The SMILES string of the molecule is Cc1cc(S(=O)(=O)NC2CCCNC2C)sc1Cl. The van der Waals surface area contributed by atoms with E-state index >= 15 is 0 Å². The van der Waals surface area contributed by atoms with Crippen molar-refractivity contribution in [2.24, 2.45) is 0 Å². The smallest absolute Gasteiger partial charge is 0.250 e. The molecule has 1 aromatic rings. The first-order chi connectivity index (χ1) is 8.40. The molecule has 2 N–H and O–H groups in total. The van der Waals surface area contributed by atoms with E-state index in [1.54, 1.807) is 6.07 Å². The lowest BCUT2D eigenvalue weighted by Crippen LogP contribution is -2.51. The van der Waals surface area contributed by atoms with Crippen molar-refractivity contribution >= 4 is 33.0 Å². The Balaban J connectivity index is 2.16. The molecule has 1 aliphatic heterocycles. The molecule has 0 aliphatic carbocycles. The average Bonchev–Trinajstić information content (AvgIpc) is 2.63. The highest BCUT2D eigenvalue weighted by Crippen LogP contribution is 2.30. The van der Waals surface area contributed by atoms with Crippen LogP contribution < -0.4 is 10.0 Å². The predicted molar refractivity (Wildman–Crippen MR) is 74.9 cm³/mol. The number of rotatable bonds is 3. The minimum Gasteiger partial charge on any atom is -0.313 e. The Morgan fingerprint density at radius 2 is 2.28 bits per heavy atom. The number of halogens is 1. The summed E-state index contributed by atoms with van der Waals surface area (Å²) in [6, 6.07) is 1.73. The summed E-state index contributed by atoms with van der Waals surface area (Å²) in [6.07, 6.45) is 1.85. The maximum Gasteiger partial charge on any atom is 0.250 e. The van der Waals surface area contributed by atoms with Crippen molar-refractivity contribution in [3.63, 3.8) is 0 Å². The van der Waals surface area contributed by atoms with Crippen molar-refractivity contribution in [3.8, 4) is 0 Å². The van der Waals surface area contributed by atoms with E-state index in [1.165, 1.54) is 0 Å². The molecule has 1 aromatic heterocycles. The highest BCUT2D eigenvalue weighted by Gasteiger charge is 2.27. The third-order valence-corrected chi connectivity index (χ3v) is 6.69. The van der Waals surface area contributed by atoms with E-state index in [0.29, 0.717) is 8.55 Å². The second-order valence-electron chi connectivity index (χ2n) is 4.63. The van der Waals surface area contributed by atoms with Gasteiger partial charge in [0.25, 0.3) is 0 Å². The van der Waals surface area contributed by atoms with Crippen molar-refractivity contribution in [3.05, 3.63) is 16.0 Å². The summed E-state index contributed by atoms with van der Waals surface area (Å²) < 4.78 is 28.0. The molecule has 2 heterocycles. The zero-order valence-corrected chi connectivity index (χ0v) is 12.8. The average molecular weight is 309 g/mol. The maximum absolute atomic E-state index is 12.2. The Hall–Kier alpha value is -0.140. The van der Waals surface area contributed by atoms with Crippen LogP contribution in [0.15, 0.2) is 10.3 Å². The first kappa shape index (κ1) is 14.3. The molecular formula is C11H17ClN2O2S2. The first-order valence-corrected chi connectivity index (χ1v) is 8.59. The summed E-state index contributed by atoms with van der Waals surface area (Å²) >= 11 is 7.03. The lowest BCUT2D eigenvalue weighted by Gasteiger charge is -2.30. The standard InChI is InChI=1S/C11H17ClN2O2S2/c1-7-6-10(17-11(7)12)18(15,16)14-9-4-3-5-13-8(9)2/h6,8-9,13-14H,3-5H2,1-2H3. The molecule has 1 saturated heterocycles. The number of piperidine rings is 1. The fraction of sp³-hybridized carbons (Fsp3) is 0.636. The number of sulfonamides is 1. The summed E-state index contributed by atoms with van der Waals surface area (Å²) in [5.41, 5.74) is 0.803. The van der Waals surface area contributed by atoms with Gasteiger partial charge < -0.3 is 5.32 Å². The Morgan fingerprint density at radius 3 is 2.83 bits per heavy atom. The monoisotopic (exact) mass is 308 g/mol.